The van der Waals surface area contributed by atoms with Crippen LogP contribution in [-0.4, -0.2) is 24.5 Å². The number of hydrogen-bond donors (Lipinski definition) is 2. The molecule has 3 aromatic rings. The van der Waals surface area contributed by atoms with Gasteiger partial charge in [0, 0.05) is 5.56 Å². The highest BCUT2D eigenvalue weighted by atomic mass is 32.2. The van der Waals surface area contributed by atoms with Gasteiger partial charge in [0.15, 0.2) is 4.21 Å². The molecule has 124 valence electrons. The van der Waals surface area contributed by atoms with Crippen molar-refractivity contribution in [2.45, 2.75) is 4.21 Å². The number of aromatic nitrogens is 1. The van der Waals surface area contributed by atoms with Crippen LogP contribution in [0.25, 0.3) is 10.6 Å². The molecule has 10 heteroatoms. The fraction of sp³-hybridized carbons (Fsp3) is 0. The first-order chi connectivity index (χ1) is 11.3. The molecule has 3 rings (SSSR count). The van der Waals surface area contributed by atoms with Crippen LogP contribution in [0.1, 0.15) is 9.67 Å². The summed E-state index contributed by atoms with van der Waals surface area (Å²) < 4.78 is 39.9. The average Bonchev–Trinajstić information content (AvgIpc) is 3.17. The van der Waals surface area contributed by atoms with Gasteiger partial charge >= 0.3 is 5.97 Å². The van der Waals surface area contributed by atoms with Crippen LogP contribution in [0.4, 0.5) is 9.39 Å². The first-order valence-corrected chi connectivity index (χ1v) is 9.54. The molecule has 0 amide bonds. The quantitative estimate of drug-likeness (QED) is 0.702. The number of thiophene rings is 1. The standard InChI is InChI=1S/C14H9FN2O4S3/c15-9-3-1-8(2-4-9)13-16-7-12(23-13)24(20,21)17-11-6-5-10(22-11)14(18)19/h1-7,17H,(H,18,19). The van der Waals surface area contributed by atoms with E-state index in [1.807, 2.05) is 0 Å². The van der Waals surface area contributed by atoms with Crippen LogP contribution in [0.3, 0.4) is 0 Å². The van der Waals surface area contributed by atoms with Crippen molar-refractivity contribution in [1.82, 2.24) is 4.98 Å². The summed E-state index contributed by atoms with van der Waals surface area (Å²) in [4.78, 5) is 14.9. The summed E-state index contributed by atoms with van der Waals surface area (Å²) in [6.07, 6.45) is 1.21. The van der Waals surface area contributed by atoms with E-state index in [9.17, 15) is 17.6 Å². The molecule has 0 radical (unpaired) electrons. The van der Waals surface area contributed by atoms with E-state index in [4.69, 9.17) is 5.11 Å². The van der Waals surface area contributed by atoms with Gasteiger partial charge in [0.05, 0.1) is 6.20 Å². The van der Waals surface area contributed by atoms with E-state index >= 15 is 0 Å². The molecule has 0 aliphatic carbocycles. The average molecular weight is 384 g/mol. The van der Waals surface area contributed by atoms with E-state index < -0.39 is 21.8 Å². The number of anilines is 1. The molecule has 0 aliphatic rings. The third kappa shape index (κ3) is 3.45. The van der Waals surface area contributed by atoms with Crippen molar-refractivity contribution in [3.05, 3.63) is 53.3 Å². The lowest BCUT2D eigenvalue weighted by molar-refractivity contribution is 0.0702. The van der Waals surface area contributed by atoms with Gasteiger partial charge in [-0.3, -0.25) is 4.72 Å². The fourth-order valence-corrected chi connectivity index (χ4v) is 4.97. The van der Waals surface area contributed by atoms with Gasteiger partial charge in [-0.05, 0) is 36.4 Å². The monoisotopic (exact) mass is 384 g/mol. The van der Waals surface area contributed by atoms with Crippen molar-refractivity contribution in [1.29, 1.82) is 0 Å². The lowest BCUT2D eigenvalue weighted by atomic mass is 10.2. The fourth-order valence-electron chi connectivity index (χ4n) is 1.80. The minimum atomic E-state index is -3.87. The van der Waals surface area contributed by atoms with Gasteiger partial charge in [-0.2, -0.15) is 0 Å². The maximum Gasteiger partial charge on any atom is 0.345 e. The van der Waals surface area contributed by atoms with E-state index in [1.165, 1.54) is 42.6 Å². The van der Waals surface area contributed by atoms with E-state index in [0.717, 1.165) is 22.7 Å². The molecule has 0 bridgehead atoms. The highest BCUT2D eigenvalue weighted by Crippen LogP contribution is 2.30. The van der Waals surface area contributed by atoms with E-state index in [0.29, 0.717) is 10.6 Å². The van der Waals surface area contributed by atoms with Crippen LogP contribution in [0.15, 0.2) is 46.8 Å². The van der Waals surface area contributed by atoms with Crippen LogP contribution in [0.2, 0.25) is 0 Å². The van der Waals surface area contributed by atoms with Crippen molar-refractivity contribution in [2.24, 2.45) is 0 Å². The van der Waals surface area contributed by atoms with Gasteiger partial charge < -0.3 is 5.11 Å². The van der Waals surface area contributed by atoms with Gasteiger partial charge in [-0.15, -0.1) is 22.7 Å². The van der Waals surface area contributed by atoms with E-state index in [2.05, 4.69) is 9.71 Å². The van der Waals surface area contributed by atoms with Gasteiger partial charge in [0.25, 0.3) is 10.0 Å². The number of thiazole rings is 1. The first-order valence-electron chi connectivity index (χ1n) is 6.43. The maximum absolute atomic E-state index is 12.9. The molecule has 2 heterocycles. The summed E-state index contributed by atoms with van der Waals surface area (Å²) in [6.45, 7) is 0. The van der Waals surface area contributed by atoms with Crippen molar-refractivity contribution in [3.63, 3.8) is 0 Å². The Bertz CT molecular complexity index is 993. The Morgan fingerprint density at radius 3 is 2.46 bits per heavy atom. The van der Waals surface area contributed by atoms with Gasteiger partial charge in [-0.1, -0.05) is 0 Å². The highest BCUT2D eigenvalue weighted by molar-refractivity contribution is 7.95. The third-order valence-electron chi connectivity index (χ3n) is 2.89. The second-order valence-corrected chi connectivity index (χ2v) is 8.59. The molecule has 1 aromatic carbocycles. The smallest absolute Gasteiger partial charge is 0.345 e. The van der Waals surface area contributed by atoms with Crippen LogP contribution in [0.5, 0.6) is 0 Å². The Kier molecular flexibility index (Phi) is 4.35. The van der Waals surface area contributed by atoms with Crippen LogP contribution in [-0.2, 0) is 10.0 Å². The molecule has 0 atom stereocenters. The zero-order chi connectivity index (χ0) is 17.3. The number of nitrogens with one attached hydrogen (secondary N) is 1. The maximum atomic E-state index is 12.9. The number of hydrogen-bond acceptors (Lipinski definition) is 6. The Hall–Kier alpha value is -2.30. The van der Waals surface area contributed by atoms with Crippen molar-refractivity contribution < 1.29 is 22.7 Å². The summed E-state index contributed by atoms with van der Waals surface area (Å²) in [5.41, 5.74) is 0.604. The van der Waals surface area contributed by atoms with Gasteiger partial charge in [0.2, 0.25) is 0 Å². The zero-order valence-corrected chi connectivity index (χ0v) is 14.2. The van der Waals surface area contributed by atoms with Crippen molar-refractivity contribution in [3.8, 4) is 10.6 Å². The van der Waals surface area contributed by atoms with Gasteiger partial charge in [-0.25, -0.2) is 22.6 Å². The molecule has 0 saturated heterocycles. The largest absolute Gasteiger partial charge is 0.477 e. The molecule has 0 unspecified atom stereocenters. The van der Waals surface area contributed by atoms with E-state index in [1.54, 1.807) is 0 Å². The molecule has 0 spiro atoms. The Balaban J connectivity index is 1.84. The number of rotatable bonds is 5. The molecular formula is C14H9FN2O4S3. The van der Waals surface area contributed by atoms with E-state index in [-0.39, 0.29) is 14.1 Å². The predicted molar refractivity (Wildman–Crippen MR) is 89.6 cm³/mol. The molecule has 0 fully saturated rings. The van der Waals surface area contributed by atoms with Crippen LogP contribution < -0.4 is 4.72 Å². The lowest BCUT2D eigenvalue weighted by Crippen LogP contribution is -2.10. The predicted octanol–water partition coefficient (Wildman–Crippen LogP) is 3.51. The molecule has 0 aliphatic heterocycles. The zero-order valence-electron chi connectivity index (χ0n) is 11.8. The Labute approximate surface area is 144 Å². The number of sulfonamides is 1. The number of nitrogens with zero attached hydrogens (tertiary/aromatic N) is 1. The Morgan fingerprint density at radius 2 is 1.83 bits per heavy atom. The van der Waals surface area contributed by atoms with Crippen LogP contribution >= 0.6 is 22.7 Å². The third-order valence-corrected chi connectivity index (χ3v) is 6.88. The normalized spacial score (nSPS) is 11.4. The number of benzene rings is 1. The van der Waals surface area contributed by atoms with Crippen molar-refractivity contribution >= 4 is 43.7 Å². The molecule has 2 aromatic heterocycles. The molecule has 0 saturated carbocycles. The van der Waals surface area contributed by atoms with Gasteiger partial charge in [0.1, 0.15) is 20.7 Å². The molecule has 24 heavy (non-hydrogen) atoms. The summed E-state index contributed by atoms with van der Waals surface area (Å²) in [5.74, 6) is -1.52. The molecule has 6 nitrogen and oxygen atoms in total. The second-order valence-electron chi connectivity index (χ2n) is 4.57. The lowest BCUT2D eigenvalue weighted by Gasteiger charge is -2.02. The first kappa shape index (κ1) is 16.6. The topological polar surface area (TPSA) is 96.4 Å². The van der Waals surface area contributed by atoms with Crippen molar-refractivity contribution in [2.75, 3.05) is 4.72 Å². The number of carbonyl (C=O) groups is 1. The summed E-state index contributed by atoms with van der Waals surface area (Å²) in [6, 6.07) is 8.26. The second kappa shape index (κ2) is 6.30. The highest BCUT2D eigenvalue weighted by Gasteiger charge is 2.20. The van der Waals surface area contributed by atoms with Crippen LogP contribution in [0, 0.1) is 5.82 Å². The molecule has 2 N–H and O–H groups in total. The number of halogens is 1. The minimum absolute atomic E-state index is 0.0212. The Morgan fingerprint density at radius 1 is 1.12 bits per heavy atom. The molecular weight excluding hydrogens is 375 g/mol. The number of aromatic carboxylic acids is 1. The minimum Gasteiger partial charge on any atom is -0.477 e. The summed E-state index contributed by atoms with van der Waals surface area (Å²) in [7, 11) is -3.87. The summed E-state index contributed by atoms with van der Waals surface area (Å²) in [5, 5.41) is 9.50. The SMILES string of the molecule is O=C(O)c1ccc(NS(=O)(=O)c2cnc(-c3ccc(F)cc3)s2)s1. The summed E-state index contributed by atoms with van der Waals surface area (Å²) >= 11 is 1.76. The number of carboxylic acids is 1. The number of carboxylic acid groups (broad SMARTS) is 1.